The van der Waals surface area contributed by atoms with Gasteiger partial charge in [0.05, 0.1) is 6.61 Å². The van der Waals surface area contributed by atoms with Crippen molar-refractivity contribution in [2.24, 2.45) is 0 Å². The number of rotatable bonds is 6. The van der Waals surface area contributed by atoms with Crippen molar-refractivity contribution in [1.29, 1.82) is 0 Å². The molecule has 1 heterocycles. The monoisotopic (exact) mass is 268 g/mol. The van der Waals surface area contributed by atoms with Gasteiger partial charge in [0, 0.05) is 43.6 Å². The van der Waals surface area contributed by atoms with E-state index in [1.807, 2.05) is 12.1 Å². The minimum atomic E-state index is 0.201. The summed E-state index contributed by atoms with van der Waals surface area (Å²) in [5.74, 6) is 1.06. The molecule has 0 amide bonds. The maximum absolute atomic E-state index is 11.8. The lowest BCUT2D eigenvalue weighted by Gasteiger charge is -2.08. The number of carbonyl (C=O) groups is 1. The summed E-state index contributed by atoms with van der Waals surface area (Å²) < 4.78 is 10.5. The van der Waals surface area contributed by atoms with E-state index in [0.717, 1.165) is 29.7 Å². The van der Waals surface area contributed by atoms with Crippen LogP contribution in [-0.4, -0.2) is 26.1 Å². The first-order chi connectivity index (χ1) is 8.70. The predicted octanol–water partition coefficient (Wildman–Crippen LogP) is 2.81. The van der Waals surface area contributed by atoms with Gasteiger partial charge >= 0.3 is 0 Å². The molecule has 0 spiro atoms. The van der Waals surface area contributed by atoms with Gasteiger partial charge in [-0.3, -0.25) is 4.79 Å². The van der Waals surface area contributed by atoms with Crippen molar-refractivity contribution in [3.05, 3.63) is 28.3 Å². The van der Waals surface area contributed by atoms with E-state index in [9.17, 15) is 4.79 Å². The second-order valence-electron chi connectivity index (χ2n) is 4.46. The van der Waals surface area contributed by atoms with Crippen LogP contribution in [0.1, 0.15) is 24.0 Å². The molecule has 0 radical (unpaired) electrons. The molecule has 1 aliphatic heterocycles. The molecular formula is C14H17ClO3. The number of ketones is 1. The molecule has 1 aromatic carbocycles. The highest BCUT2D eigenvalue weighted by atomic mass is 35.5. The number of halogens is 1. The number of ether oxygens (including phenoxy) is 2. The number of fused-ring (bicyclic) bond motifs is 1. The van der Waals surface area contributed by atoms with Crippen LogP contribution in [0.2, 0.25) is 5.02 Å². The van der Waals surface area contributed by atoms with E-state index in [0.29, 0.717) is 31.1 Å². The third-order valence-electron chi connectivity index (χ3n) is 3.02. The van der Waals surface area contributed by atoms with E-state index in [1.54, 1.807) is 7.11 Å². The molecule has 0 N–H and O–H groups in total. The van der Waals surface area contributed by atoms with E-state index >= 15 is 0 Å². The summed E-state index contributed by atoms with van der Waals surface area (Å²) >= 11 is 6.05. The number of hydrogen-bond donors (Lipinski definition) is 0. The third-order valence-corrected chi connectivity index (χ3v) is 3.24. The minimum Gasteiger partial charge on any atom is -0.493 e. The van der Waals surface area contributed by atoms with Gasteiger partial charge in [0.25, 0.3) is 0 Å². The summed E-state index contributed by atoms with van der Waals surface area (Å²) in [4.78, 5) is 11.8. The van der Waals surface area contributed by atoms with Gasteiger partial charge in [-0.2, -0.15) is 0 Å². The summed E-state index contributed by atoms with van der Waals surface area (Å²) in [6.45, 7) is 1.30. The van der Waals surface area contributed by atoms with Crippen LogP contribution in [0.4, 0.5) is 0 Å². The van der Waals surface area contributed by atoms with Crippen molar-refractivity contribution in [3.8, 4) is 5.75 Å². The molecule has 0 saturated heterocycles. The van der Waals surface area contributed by atoms with Gasteiger partial charge in [0.15, 0.2) is 0 Å². The van der Waals surface area contributed by atoms with E-state index in [2.05, 4.69) is 0 Å². The standard InChI is InChI=1S/C14H17ClO3/c1-17-5-2-3-13(16)9-11-8-12(15)7-10-4-6-18-14(10)11/h7-8H,2-6,9H2,1H3. The zero-order valence-electron chi connectivity index (χ0n) is 10.5. The van der Waals surface area contributed by atoms with Gasteiger partial charge in [-0.15, -0.1) is 0 Å². The first-order valence-electron chi connectivity index (χ1n) is 6.15. The van der Waals surface area contributed by atoms with Crippen molar-refractivity contribution in [2.75, 3.05) is 20.3 Å². The lowest BCUT2D eigenvalue weighted by Crippen LogP contribution is -2.05. The maximum Gasteiger partial charge on any atom is 0.137 e. The smallest absolute Gasteiger partial charge is 0.137 e. The highest BCUT2D eigenvalue weighted by Crippen LogP contribution is 2.33. The number of hydrogen-bond acceptors (Lipinski definition) is 3. The first kappa shape index (κ1) is 13.4. The van der Waals surface area contributed by atoms with Crippen LogP contribution in [0.3, 0.4) is 0 Å². The van der Waals surface area contributed by atoms with Crippen molar-refractivity contribution in [2.45, 2.75) is 25.7 Å². The van der Waals surface area contributed by atoms with Crippen LogP contribution in [-0.2, 0) is 22.4 Å². The fourth-order valence-corrected chi connectivity index (χ4v) is 2.46. The van der Waals surface area contributed by atoms with E-state index in [-0.39, 0.29) is 5.78 Å². The van der Waals surface area contributed by atoms with Gasteiger partial charge in [-0.1, -0.05) is 11.6 Å². The number of carbonyl (C=O) groups excluding carboxylic acids is 1. The fourth-order valence-electron chi connectivity index (χ4n) is 2.19. The van der Waals surface area contributed by atoms with Crippen LogP contribution in [0.5, 0.6) is 5.75 Å². The van der Waals surface area contributed by atoms with Gasteiger partial charge < -0.3 is 9.47 Å². The summed E-state index contributed by atoms with van der Waals surface area (Å²) in [7, 11) is 1.64. The molecule has 0 atom stereocenters. The van der Waals surface area contributed by atoms with Crippen LogP contribution >= 0.6 is 11.6 Å². The zero-order valence-corrected chi connectivity index (χ0v) is 11.3. The van der Waals surface area contributed by atoms with E-state index in [1.165, 1.54) is 0 Å². The van der Waals surface area contributed by atoms with Crippen LogP contribution in [0.25, 0.3) is 0 Å². The molecule has 0 fully saturated rings. The summed E-state index contributed by atoms with van der Waals surface area (Å²) in [6, 6.07) is 3.75. The molecule has 0 aromatic heterocycles. The molecule has 3 nitrogen and oxygen atoms in total. The number of Topliss-reactive ketones (excluding diaryl/α,β-unsaturated/α-hetero) is 1. The summed E-state index contributed by atoms with van der Waals surface area (Å²) in [6.07, 6.45) is 2.57. The summed E-state index contributed by atoms with van der Waals surface area (Å²) in [5, 5.41) is 0.680. The Kier molecular flexibility index (Phi) is 4.61. The Labute approximate surface area is 112 Å². The normalized spacial score (nSPS) is 13.2. The minimum absolute atomic E-state index is 0.201. The van der Waals surface area contributed by atoms with E-state index < -0.39 is 0 Å². The molecule has 0 aliphatic carbocycles. The average molecular weight is 269 g/mol. The molecule has 98 valence electrons. The van der Waals surface area contributed by atoms with Gasteiger partial charge in [0.1, 0.15) is 11.5 Å². The third kappa shape index (κ3) is 3.24. The van der Waals surface area contributed by atoms with Crippen LogP contribution in [0.15, 0.2) is 12.1 Å². The highest BCUT2D eigenvalue weighted by molar-refractivity contribution is 6.30. The highest BCUT2D eigenvalue weighted by Gasteiger charge is 2.19. The molecule has 18 heavy (non-hydrogen) atoms. The largest absolute Gasteiger partial charge is 0.493 e. The van der Waals surface area contributed by atoms with Gasteiger partial charge in [-0.25, -0.2) is 0 Å². The van der Waals surface area contributed by atoms with Crippen LogP contribution < -0.4 is 4.74 Å². The molecule has 4 heteroatoms. The molecule has 0 unspecified atom stereocenters. The van der Waals surface area contributed by atoms with Crippen molar-refractivity contribution >= 4 is 17.4 Å². The zero-order chi connectivity index (χ0) is 13.0. The van der Waals surface area contributed by atoms with Gasteiger partial charge in [-0.05, 0) is 24.1 Å². The molecular weight excluding hydrogens is 252 g/mol. The SMILES string of the molecule is COCCCC(=O)Cc1cc(Cl)cc2c1OCC2. The molecule has 2 rings (SSSR count). The Bertz CT molecular complexity index is 443. The van der Waals surface area contributed by atoms with Gasteiger partial charge in [0.2, 0.25) is 0 Å². The summed E-state index contributed by atoms with van der Waals surface area (Å²) in [5.41, 5.74) is 2.03. The molecule has 1 aromatic rings. The second kappa shape index (κ2) is 6.21. The van der Waals surface area contributed by atoms with Crippen molar-refractivity contribution < 1.29 is 14.3 Å². The maximum atomic E-state index is 11.8. The second-order valence-corrected chi connectivity index (χ2v) is 4.90. The predicted molar refractivity (Wildman–Crippen MR) is 70.5 cm³/mol. The Hall–Kier alpha value is -1.06. The Balaban J connectivity index is 2.03. The Morgan fingerprint density at radius 1 is 1.50 bits per heavy atom. The van der Waals surface area contributed by atoms with Crippen molar-refractivity contribution in [3.63, 3.8) is 0 Å². The lowest BCUT2D eigenvalue weighted by atomic mass is 10.0. The Morgan fingerprint density at radius 2 is 2.33 bits per heavy atom. The fraction of sp³-hybridized carbons (Fsp3) is 0.500. The van der Waals surface area contributed by atoms with E-state index in [4.69, 9.17) is 21.1 Å². The number of methoxy groups -OCH3 is 1. The van der Waals surface area contributed by atoms with Crippen LogP contribution in [0, 0.1) is 0 Å². The molecule has 0 bridgehead atoms. The Morgan fingerprint density at radius 3 is 3.11 bits per heavy atom. The quantitative estimate of drug-likeness (QED) is 0.744. The first-order valence-corrected chi connectivity index (χ1v) is 6.53. The molecule has 1 aliphatic rings. The molecule has 0 saturated carbocycles. The average Bonchev–Trinajstić information content (AvgIpc) is 2.77. The van der Waals surface area contributed by atoms with Crippen molar-refractivity contribution in [1.82, 2.24) is 0 Å². The number of benzene rings is 1. The topological polar surface area (TPSA) is 35.5 Å². The lowest BCUT2D eigenvalue weighted by molar-refractivity contribution is -0.118.